The number of rotatable bonds is 3. The molecule has 1 aromatic carbocycles. The molecule has 2 N–H and O–H groups in total. The number of hydrogen-bond donors (Lipinski definition) is 1. The fourth-order valence-electron chi connectivity index (χ4n) is 2.49. The Balaban J connectivity index is 1.92. The maximum Gasteiger partial charge on any atom is 0.125 e. The number of anilines is 1. The van der Waals surface area contributed by atoms with Crippen molar-refractivity contribution in [3.05, 3.63) is 29.6 Å². The predicted octanol–water partition coefficient (Wildman–Crippen LogP) is 3.50. The van der Waals surface area contributed by atoms with E-state index >= 15 is 0 Å². The van der Waals surface area contributed by atoms with E-state index in [-0.39, 0.29) is 5.82 Å². The van der Waals surface area contributed by atoms with E-state index in [4.69, 9.17) is 10.5 Å². The van der Waals surface area contributed by atoms with E-state index in [1.807, 2.05) is 0 Å². The van der Waals surface area contributed by atoms with Crippen LogP contribution in [0.5, 0.6) is 0 Å². The van der Waals surface area contributed by atoms with E-state index in [1.165, 1.54) is 31.4 Å². The maximum absolute atomic E-state index is 13.1. The third kappa shape index (κ3) is 3.43. The van der Waals surface area contributed by atoms with Crippen LogP contribution in [0, 0.1) is 11.7 Å². The van der Waals surface area contributed by atoms with Gasteiger partial charge in [-0.1, -0.05) is 19.8 Å². The second-order valence-electron chi connectivity index (χ2n) is 5.00. The molecule has 3 heteroatoms. The van der Waals surface area contributed by atoms with Crippen LogP contribution in [0.2, 0.25) is 0 Å². The molecule has 0 aliphatic heterocycles. The van der Waals surface area contributed by atoms with Crippen molar-refractivity contribution in [2.75, 3.05) is 5.73 Å². The Morgan fingerprint density at radius 1 is 1.29 bits per heavy atom. The van der Waals surface area contributed by atoms with Gasteiger partial charge in [0.15, 0.2) is 0 Å². The summed E-state index contributed by atoms with van der Waals surface area (Å²) in [5, 5.41) is 0. The minimum Gasteiger partial charge on any atom is -0.399 e. The van der Waals surface area contributed by atoms with E-state index in [0.29, 0.717) is 24.3 Å². The van der Waals surface area contributed by atoms with Gasteiger partial charge in [-0.05, 0) is 42.5 Å². The number of hydrogen-bond acceptors (Lipinski definition) is 2. The van der Waals surface area contributed by atoms with Gasteiger partial charge in [0.05, 0.1) is 12.7 Å². The Labute approximate surface area is 102 Å². The molecular weight excluding hydrogens is 217 g/mol. The van der Waals surface area contributed by atoms with Crippen molar-refractivity contribution in [2.24, 2.45) is 5.92 Å². The van der Waals surface area contributed by atoms with Gasteiger partial charge in [-0.15, -0.1) is 0 Å². The predicted molar refractivity (Wildman–Crippen MR) is 67.0 cm³/mol. The highest BCUT2D eigenvalue weighted by Gasteiger charge is 2.21. The fraction of sp³-hybridized carbons (Fsp3) is 0.571. The van der Waals surface area contributed by atoms with Crippen LogP contribution in [0.1, 0.15) is 38.2 Å². The van der Waals surface area contributed by atoms with E-state index in [1.54, 1.807) is 6.07 Å². The average molecular weight is 237 g/mol. The molecule has 0 spiro atoms. The molecule has 2 rings (SSSR count). The van der Waals surface area contributed by atoms with E-state index in [0.717, 1.165) is 12.0 Å². The molecule has 1 aliphatic rings. The molecule has 1 aromatic rings. The molecule has 1 saturated carbocycles. The van der Waals surface area contributed by atoms with Crippen LogP contribution in [-0.4, -0.2) is 6.10 Å². The van der Waals surface area contributed by atoms with Crippen molar-refractivity contribution in [3.8, 4) is 0 Å². The number of nitrogens with two attached hydrogens (primary N) is 1. The third-order valence-corrected chi connectivity index (χ3v) is 3.48. The summed E-state index contributed by atoms with van der Waals surface area (Å²) in [7, 11) is 0. The summed E-state index contributed by atoms with van der Waals surface area (Å²) in [5.41, 5.74) is 6.88. The number of ether oxygens (including phenoxy) is 1. The summed E-state index contributed by atoms with van der Waals surface area (Å²) in [6, 6.07) is 4.59. The number of benzene rings is 1. The molecule has 1 fully saturated rings. The first kappa shape index (κ1) is 12.4. The average Bonchev–Trinajstić information content (AvgIpc) is 2.27. The number of nitrogen functional groups attached to an aromatic ring is 1. The van der Waals surface area contributed by atoms with Crippen LogP contribution in [0.3, 0.4) is 0 Å². The zero-order valence-electron chi connectivity index (χ0n) is 10.3. The van der Waals surface area contributed by atoms with Crippen molar-refractivity contribution in [1.29, 1.82) is 0 Å². The van der Waals surface area contributed by atoms with E-state index in [2.05, 4.69) is 6.92 Å². The quantitative estimate of drug-likeness (QED) is 0.816. The highest BCUT2D eigenvalue weighted by Crippen LogP contribution is 2.27. The van der Waals surface area contributed by atoms with Gasteiger partial charge in [0, 0.05) is 5.69 Å². The summed E-state index contributed by atoms with van der Waals surface area (Å²) in [4.78, 5) is 0. The molecule has 0 radical (unpaired) electrons. The Morgan fingerprint density at radius 2 is 2.06 bits per heavy atom. The van der Waals surface area contributed by atoms with Crippen molar-refractivity contribution in [1.82, 2.24) is 0 Å². The van der Waals surface area contributed by atoms with Gasteiger partial charge in [-0.3, -0.25) is 0 Å². The van der Waals surface area contributed by atoms with Gasteiger partial charge < -0.3 is 10.5 Å². The van der Waals surface area contributed by atoms with Gasteiger partial charge in [-0.25, -0.2) is 4.39 Å². The fourth-order valence-corrected chi connectivity index (χ4v) is 2.49. The molecule has 2 atom stereocenters. The zero-order valence-corrected chi connectivity index (χ0v) is 10.3. The van der Waals surface area contributed by atoms with E-state index < -0.39 is 0 Å². The van der Waals surface area contributed by atoms with Crippen molar-refractivity contribution >= 4 is 5.69 Å². The summed E-state index contributed by atoms with van der Waals surface area (Å²) >= 11 is 0. The van der Waals surface area contributed by atoms with Crippen LogP contribution in [0.4, 0.5) is 10.1 Å². The summed E-state index contributed by atoms with van der Waals surface area (Å²) in [6.45, 7) is 2.68. The number of halogens is 1. The second-order valence-corrected chi connectivity index (χ2v) is 5.00. The molecule has 2 unspecified atom stereocenters. The van der Waals surface area contributed by atoms with Gasteiger partial charge in [0.25, 0.3) is 0 Å². The minimum atomic E-state index is -0.291. The molecule has 2 nitrogen and oxygen atoms in total. The lowest BCUT2D eigenvalue weighted by molar-refractivity contribution is -0.0155. The Hall–Kier alpha value is -1.09. The first-order chi connectivity index (χ1) is 8.15. The van der Waals surface area contributed by atoms with Gasteiger partial charge in [0.1, 0.15) is 5.82 Å². The lowest BCUT2D eigenvalue weighted by atomic mass is 9.88. The lowest BCUT2D eigenvalue weighted by Gasteiger charge is -2.28. The normalized spacial score (nSPS) is 24.8. The first-order valence-electron chi connectivity index (χ1n) is 6.31. The zero-order chi connectivity index (χ0) is 12.3. The van der Waals surface area contributed by atoms with Crippen LogP contribution in [-0.2, 0) is 11.3 Å². The molecule has 0 aromatic heterocycles. The molecule has 1 aliphatic carbocycles. The molecule has 0 heterocycles. The van der Waals surface area contributed by atoms with Crippen LogP contribution in [0.15, 0.2) is 18.2 Å². The maximum atomic E-state index is 13.1. The lowest BCUT2D eigenvalue weighted by Crippen LogP contribution is -2.25. The standard InChI is InChI=1S/C14H20FNO/c1-10-4-2-3-5-14(10)17-9-11-6-12(15)8-13(16)7-11/h6-8,10,14H,2-5,9,16H2,1H3. The smallest absolute Gasteiger partial charge is 0.125 e. The summed E-state index contributed by atoms with van der Waals surface area (Å²) in [6.07, 6.45) is 5.20. The van der Waals surface area contributed by atoms with Crippen molar-refractivity contribution in [2.45, 2.75) is 45.3 Å². The van der Waals surface area contributed by atoms with Gasteiger partial charge >= 0.3 is 0 Å². The monoisotopic (exact) mass is 237 g/mol. The van der Waals surface area contributed by atoms with Crippen molar-refractivity contribution in [3.63, 3.8) is 0 Å². The molecular formula is C14H20FNO. The largest absolute Gasteiger partial charge is 0.399 e. The molecule has 17 heavy (non-hydrogen) atoms. The molecule has 0 amide bonds. The van der Waals surface area contributed by atoms with Crippen molar-refractivity contribution < 1.29 is 9.13 Å². The highest BCUT2D eigenvalue weighted by atomic mass is 19.1. The summed E-state index contributed by atoms with van der Waals surface area (Å²) in [5.74, 6) is 0.315. The Kier molecular flexibility index (Phi) is 4.00. The minimum absolute atomic E-state index is 0.291. The van der Waals surface area contributed by atoms with Crippen LogP contribution in [0.25, 0.3) is 0 Å². The molecule has 0 bridgehead atoms. The molecule has 94 valence electrons. The third-order valence-electron chi connectivity index (χ3n) is 3.48. The molecule has 0 saturated heterocycles. The Morgan fingerprint density at radius 3 is 2.76 bits per heavy atom. The Bertz CT molecular complexity index is 360. The summed E-state index contributed by atoms with van der Waals surface area (Å²) < 4.78 is 19.0. The van der Waals surface area contributed by atoms with Crippen LogP contribution < -0.4 is 5.73 Å². The van der Waals surface area contributed by atoms with Crippen LogP contribution >= 0.6 is 0 Å². The topological polar surface area (TPSA) is 35.2 Å². The first-order valence-corrected chi connectivity index (χ1v) is 6.31. The highest BCUT2D eigenvalue weighted by molar-refractivity contribution is 5.41. The van der Waals surface area contributed by atoms with Gasteiger partial charge in [-0.2, -0.15) is 0 Å². The SMILES string of the molecule is CC1CCCCC1OCc1cc(N)cc(F)c1. The van der Waals surface area contributed by atoms with Gasteiger partial charge in [0.2, 0.25) is 0 Å². The second kappa shape index (κ2) is 5.50. The van der Waals surface area contributed by atoms with E-state index in [9.17, 15) is 4.39 Å².